The van der Waals surface area contributed by atoms with Crippen LogP contribution in [0, 0.1) is 6.92 Å². The average molecular weight is 509 g/mol. The first-order valence-corrected chi connectivity index (χ1v) is 12.5. The van der Waals surface area contributed by atoms with Crippen molar-refractivity contribution in [3.8, 4) is 11.5 Å². The van der Waals surface area contributed by atoms with Crippen molar-refractivity contribution in [3.63, 3.8) is 0 Å². The maximum atomic E-state index is 12.7. The van der Waals surface area contributed by atoms with Crippen molar-refractivity contribution in [1.29, 1.82) is 0 Å². The summed E-state index contributed by atoms with van der Waals surface area (Å²) in [5.74, 6) is 1.33. The highest BCUT2D eigenvalue weighted by molar-refractivity contribution is 5.77. The molecule has 0 bridgehead atoms. The third kappa shape index (κ3) is 8.04. The summed E-state index contributed by atoms with van der Waals surface area (Å²) in [5.41, 5.74) is 0.957. The summed E-state index contributed by atoms with van der Waals surface area (Å²) in [4.78, 5) is 20.5. The zero-order valence-electron chi connectivity index (χ0n) is 21.6. The van der Waals surface area contributed by atoms with Gasteiger partial charge in [0.25, 0.3) is 0 Å². The average Bonchev–Trinajstić information content (AvgIpc) is 3.34. The number of β-amino-alcohol motifs (C(OH)–C–C–N with tert-alkyl or cyclic N) is 1. The molecule has 1 fully saturated rings. The van der Waals surface area contributed by atoms with Gasteiger partial charge in [0.05, 0.1) is 19.4 Å². The fourth-order valence-electron chi connectivity index (χ4n) is 4.43. The fraction of sp³-hybridized carbons (Fsp3) is 0.429. The monoisotopic (exact) mass is 508 g/mol. The summed E-state index contributed by atoms with van der Waals surface area (Å²) in [5, 5.41) is 11.6. The van der Waals surface area contributed by atoms with Gasteiger partial charge in [-0.3, -0.25) is 9.69 Å². The molecule has 1 saturated heterocycles. The zero-order valence-corrected chi connectivity index (χ0v) is 21.6. The van der Waals surface area contributed by atoms with Crippen LogP contribution < -0.4 is 9.47 Å². The molecule has 37 heavy (non-hydrogen) atoms. The largest absolute Gasteiger partial charge is 0.492 e. The number of aliphatic hydroxyl groups is 1. The van der Waals surface area contributed by atoms with E-state index in [2.05, 4.69) is 9.88 Å². The van der Waals surface area contributed by atoms with Crippen molar-refractivity contribution in [3.05, 3.63) is 78.4 Å². The Morgan fingerprint density at radius 1 is 1.08 bits per heavy atom. The Labute approximate surface area is 218 Å². The van der Waals surface area contributed by atoms with Gasteiger partial charge in [-0.25, -0.2) is 4.98 Å². The van der Waals surface area contributed by atoms with Crippen molar-refractivity contribution >= 4 is 5.91 Å². The number of carbonyl (C=O) groups is 1. The zero-order chi connectivity index (χ0) is 26.1. The molecule has 1 N–H and O–H groups in total. The third-order valence-electron chi connectivity index (χ3n) is 6.32. The van der Waals surface area contributed by atoms with E-state index in [1.54, 1.807) is 17.4 Å². The number of aromatic nitrogens is 2. The Morgan fingerprint density at radius 2 is 1.92 bits per heavy atom. The van der Waals surface area contributed by atoms with E-state index in [1.165, 1.54) is 7.11 Å². The molecule has 1 amide bonds. The third-order valence-corrected chi connectivity index (χ3v) is 6.32. The Morgan fingerprint density at radius 3 is 2.68 bits per heavy atom. The van der Waals surface area contributed by atoms with Crippen molar-refractivity contribution in [2.45, 2.75) is 25.6 Å². The smallest absolute Gasteiger partial charge is 0.248 e. The molecule has 3 aromatic rings. The molecule has 0 unspecified atom stereocenters. The first-order valence-electron chi connectivity index (χ1n) is 12.5. The molecule has 2 aromatic carbocycles. The number of amides is 1. The molecule has 198 valence electrons. The minimum Gasteiger partial charge on any atom is -0.492 e. The van der Waals surface area contributed by atoms with E-state index < -0.39 is 5.60 Å². The lowest BCUT2D eigenvalue weighted by Gasteiger charge is -2.33. The molecule has 1 aliphatic rings. The Balaban J connectivity index is 1.41. The topological polar surface area (TPSA) is 89.3 Å². The van der Waals surface area contributed by atoms with Gasteiger partial charge in [-0.2, -0.15) is 0 Å². The maximum absolute atomic E-state index is 12.7. The fourth-order valence-corrected chi connectivity index (χ4v) is 4.43. The molecule has 0 saturated carbocycles. The minimum atomic E-state index is -1.25. The first kappa shape index (κ1) is 26.7. The van der Waals surface area contributed by atoms with Gasteiger partial charge in [0, 0.05) is 45.7 Å². The Hall–Kier alpha value is -3.40. The summed E-state index contributed by atoms with van der Waals surface area (Å²) in [6.07, 6.45) is 5.42. The molecular weight excluding hydrogens is 472 g/mol. The molecule has 0 aliphatic carbocycles. The number of nitrogens with zero attached hydrogens (tertiary/aromatic N) is 4. The van der Waals surface area contributed by atoms with Crippen molar-refractivity contribution in [1.82, 2.24) is 19.4 Å². The predicted octanol–water partition coefficient (Wildman–Crippen LogP) is 2.37. The number of methoxy groups -OCH3 is 1. The van der Waals surface area contributed by atoms with Crippen LogP contribution in [0.2, 0.25) is 0 Å². The highest BCUT2D eigenvalue weighted by Gasteiger charge is 2.37. The van der Waals surface area contributed by atoms with Crippen LogP contribution >= 0.6 is 0 Å². The number of rotatable bonds is 11. The summed E-state index contributed by atoms with van der Waals surface area (Å²) in [7, 11) is 1.50. The normalized spacial score (nSPS) is 18.4. The van der Waals surface area contributed by atoms with Crippen LogP contribution in [-0.2, 0) is 22.6 Å². The quantitative estimate of drug-likeness (QED) is 0.425. The molecule has 0 spiro atoms. The predicted molar refractivity (Wildman–Crippen MR) is 140 cm³/mol. The van der Waals surface area contributed by atoms with E-state index in [9.17, 15) is 9.90 Å². The van der Waals surface area contributed by atoms with Gasteiger partial charge in [-0.15, -0.1) is 0 Å². The van der Waals surface area contributed by atoms with Gasteiger partial charge in [-0.1, -0.05) is 29.8 Å². The van der Waals surface area contributed by atoms with Gasteiger partial charge < -0.3 is 28.8 Å². The molecule has 9 heteroatoms. The number of benzene rings is 2. The van der Waals surface area contributed by atoms with Crippen molar-refractivity contribution in [2.75, 3.05) is 53.1 Å². The van der Waals surface area contributed by atoms with Crippen LogP contribution in [0.3, 0.4) is 0 Å². The summed E-state index contributed by atoms with van der Waals surface area (Å²) in [6.45, 7) is 5.58. The lowest BCUT2D eigenvalue weighted by atomic mass is 10.0. The second-order valence-corrected chi connectivity index (χ2v) is 9.58. The number of ether oxygens (including phenoxy) is 3. The second-order valence-electron chi connectivity index (χ2n) is 9.58. The molecule has 1 aromatic heterocycles. The number of carbonyl (C=O) groups excluding carboxylic acids is 1. The number of hydrogen-bond donors (Lipinski definition) is 1. The van der Waals surface area contributed by atoms with Gasteiger partial charge in [0.2, 0.25) is 5.91 Å². The van der Waals surface area contributed by atoms with Crippen LogP contribution in [0.25, 0.3) is 0 Å². The Bertz CT molecular complexity index is 1120. The van der Waals surface area contributed by atoms with Crippen LogP contribution in [0.15, 0.2) is 67.3 Å². The lowest BCUT2D eigenvalue weighted by Crippen LogP contribution is -2.52. The van der Waals surface area contributed by atoms with Gasteiger partial charge >= 0.3 is 0 Å². The molecule has 1 aliphatic heterocycles. The molecule has 1 atom stereocenters. The maximum Gasteiger partial charge on any atom is 0.248 e. The molecular formula is C28H36N4O5. The van der Waals surface area contributed by atoms with E-state index in [4.69, 9.17) is 14.2 Å². The Kier molecular flexibility index (Phi) is 9.16. The molecule has 0 radical (unpaired) electrons. The number of imidazole rings is 1. The lowest BCUT2D eigenvalue weighted by molar-refractivity contribution is -0.138. The van der Waals surface area contributed by atoms with Crippen molar-refractivity contribution < 1.29 is 24.1 Å². The summed E-state index contributed by atoms with van der Waals surface area (Å²) >= 11 is 0. The number of hydrogen-bond acceptors (Lipinski definition) is 7. The summed E-state index contributed by atoms with van der Waals surface area (Å²) < 4.78 is 18.9. The van der Waals surface area contributed by atoms with E-state index in [0.717, 1.165) is 23.4 Å². The van der Waals surface area contributed by atoms with Gasteiger partial charge in [0.1, 0.15) is 36.9 Å². The van der Waals surface area contributed by atoms with Crippen molar-refractivity contribution in [2.24, 2.45) is 0 Å². The molecule has 2 heterocycles. The minimum absolute atomic E-state index is 0.0205. The highest BCUT2D eigenvalue weighted by Crippen LogP contribution is 2.22. The first-order chi connectivity index (χ1) is 17.9. The van der Waals surface area contributed by atoms with E-state index >= 15 is 0 Å². The molecule has 4 rings (SSSR count). The van der Waals surface area contributed by atoms with Crippen LogP contribution in [-0.4, -0.2) is 89.1 Å². The molecule has 9 nitrogen and oxygen atoms in total. The SMILES string of the molecule is COCC(=O)N1CCN(Cc2cccc(OCCn3ccnc3)c2)C[C@@](O)(COc2ccc(C)cc2)C1. The van der Waals surface area contributed by atoms with Gasteiger partial charge in [-0.05, 0) is 36.8 Å². The second kappa shape index (κ2) is 12.7. The van der Waals surface area contributed by atoms with E-state index in [-0.39, 0.29) is 25.7 Å². The van der Waals surface area contributed by atoms with Crippen LogP contribution in [0.1, 0.15) is 11.1 Å². The van der Waals surface area contributed by atoms with Crippen LogP contribution in [0.4, 0.5) is 0 Å². The van der Waals surface area contributed by atoms with Gasteiger partial charge in [0.15, 0.2) is 0 Å². The van der Waals surface area contributed by atoms with Crippen LogP contribution in [0.5, 0.6) is 11.5 Å². The number of aryl methyl sites for hydroxylation is 1. The standard InChI is InChI=1S/C28H36N4O5/c1-23-6-8-25(9-7-23)37-21-28(34)19-31(12-13-32(20-28)27(33)18-35-2)17-24-4-3-5-26(16-24)36-15-14-30-11-10-29-22-30/h3-11,16,22,34H,12-15,17-21H2,1-2H3/t28-/m0/s1. The van der Waals surface area contributed by atoms with E-state index in [0.29, 0.717) is 38.5 Å². The van der Waals surface area contributed by atoms with E-state index in [1.807, 2.05) is 66.2 Å². The highest BCUT2D eigenvalue weighted by atomic mass is 16.5. The summed E-state index contributed by atoms with van der Waals surface area (Å²) in [6, 6.07) is 15.7.